The molecule has 2 heterocycles. The summed E-state index contributed by atoms with van der Waals surface area (Å²) in [4.78, 5) is 32.2. The third-order valence-corrected chi connectivity index (χ3v) is 5.86. The number of benzene rings is 1. The average Bonchev–Trinajstić information content (AvgIpc) is 3.50. The van der Waals surface area contributed by atoms with Gasteiger partial charge in [-0.05, 0) is 50.3 Å². The Hall–Kier alpha value is -3.13. The highest BCUT2D eigenvalue weighted by Crippen LogP contribution is 2.43. The molecule has 2 aliphatic rings. The Balaban J connectivity index is 1.64. The lowest BCUT2D eigenvalue weighted by Crippen LogP contribution is -2.51. The van der Waals surface area contributed by atoms with Gasteiger partial charge < -0.3 is 24.8 Å². The van der Waals surface area contributed by atoms with Gasteiger partial charge in [-0.1, -0.05) is 12.1 Å². The lowest BCUT2D eigenvalue weighted by molar-refractivity contribution is -0.0224. The van der Waals surface area contributed by atoms with E-state index in [1.165, 1.54) is 26.5 Å². The zero-order valence-electron chi connectivity index (χ0n) is 18.1. The molecule has 2 N–H and O–H groups in total. The van der Waals surface area contributed by atoms with Gasteiger partial charge in [0.1, 0.15) is 0 Å². The number of amides is 2. The van der Waals surface area contributed by atoms with E-state index in [1.54, 1.807) is 24.8 Å². The minimum absolute atomic E-state index is 0.177. The van der Waals surface area contributed by atoms with Crippen molar-refractivity contribution in [3.05, 3.63) is 47.2 Å². The maximum absolute atomic E-state index is 13.4. The number of carbonyl (C=O) groups is 2. The van der Waals surface area contributed by atoms with Crippen molar-refractivity contribution >= 4 is 17.5 Å². The molecule has 2 aromatic rings. The summed E-state index contributed by atoms with van der Waals surface area (Å²) in [5, 5.41) is 13.6. The summed E-state index contributed by atoms with van der Waals surface area (Å²) in [6, 6.07) is 6.67. The molecule has 1 fully saturated rings. The summed E-state index contributed by atoms with van der Waals surface area (Å²) in [5.41, 5.74) is 0.964. The van der Waals surface area contributed by atoms with Crippen LogP contribution in [-0.2, 0) is 6.54 Å². The first-order valence-corrected chi connectivity index (χ1v) is 10.3. The molecule has 1 aliphatic heterocycles. The van der Waals surface area contributed by atoms with Crippen molar-refractivity contribution in [2.45, 2.75) is 44.9 Å². The highest BCUT2D eigenvalue weighted by molar-refractivity contribution is 6.11. The molecule has 1 aromatic heterocycles. The molecule has 8 heteroatoms. The number of pyridine rings is 1. The molecular weight excluding hydrogens is 398 g/mol. The van der Waals surface area contributed by atoms with E-state index in [0.29, 0.717) is 23.7 Å². The molecule has 1 aromatic carbocycles. The first-order valence-electron chi connectivity index (χ1n) is 10.3. The number of hydrogen-bond acceptors (Lipinski definition) is 6. The van der Waals surface area contributed by atoms with E-state index in [0.717, 1.165) is 18.4 Å². The zero-order chi connectivity index (χ0) is 22.3. The Bertz CT molecular complexity index is 1030. The summed E-state index contributed by atoms with van der Waals surface area (Å²) in [7, 11) is 2.88. The van der Waals surface area contributed by atoms with E-state index >= 15 is 0 Å². The smallest absolute Gasteiger partial charge is 0.259 e. The second kappa shape index (κ2) is 7.85. The molecule has 31 heavy (non-hydrogen) atoms. The van der Waals surface area contributed by atoms with Gasteiger partial charge in [0.25, 0.3) is 17.7 Å². The second-order valence-corrected chi connectivity index (χ2v) is 8.56. The number of ether oxygens (including phenoxy) is 2. The maximum atomic E-state index is 13.4. The van der Waals surface area contributed by atoms with Crippen LogP contribution in [0, 0.1) is 5.92 Å². The van der Waals surface area contributed by atoms with E-state index in [2.05, 4.69) is 10.3 Å². The minimum Gasteiger partial charge on any atom is -0.491 e. The molecular formula is C23H27N3O5. The van der Waals surface area contributed by atoms with Crippen LogP contribution in [0.2, 0.25) is 0 Å². The fourth-order valence-corrected chi connectivity index (χ4v) is 4.48. The average molecular weight is 425 g/mol. The van der Waals surface area contributed by atoms with Crippen LogP contribution in [-0.4, -0.2) is 52.7 Å². The van der Waals surface area contributed by atoms with Gasteiger partial charge >= 0.3 is 0 Å². The van der Waals surface area contributed by atoms with Crippen molar-refractivity contribution in [3.63, 3.8) is 0 Å². The highest BCUT2D eigenvalue weighted by Gasteiger charge is 2.48. The molecule has 1 atom stereocenters. The van der Waals surface area contributed by atoms with Crippen molar-refractivity contribution in [1.29, 1.82) is 0 Å². The summed E-state index contributed by atoms with van der Waals surface area (Å²) < 4.78 is 10.5. The SMILES string of the molecule is COc1nccc(C(=O)Nc2cccc3c2C(=O)N(C(C2CC2)C(C)(C)O)C3)c1OC. The molecule has 164 valence electrons. The largest absolute Gasteiger partial charge is 0.491 e. The van der Waals surface area contributed by atoms with Gasteiger partial charge in [0.15, 0.2) is 5.75 Å². The predicted octanol–water partition coefficient (Wildman–Crippen LogP) is 2.86. The van der Waals surface area contributed by atoms with E-state index in [-0.39, 0.29) is 29.1 Å². The molecule has 1 saturated carbocycles. The van der Waals surface area contributed by atoms with Gasteiger partial charge in [0.2, 0.25) is 0 Å². The van der Waals surface area contributed by atoms with Gasteiger partial charge in [-0.2, -0.15) is 0 Å². The highest BCUT2D eigenvalue weighted by atomic mass is 16.5. The Morgan fingerprint density at radius 3 is 2.61 bits per heavy atom. The van der Waals surface area contributed by atoms with Crippen molar-refractivity contribution in [3.8, 4) is 11.6 Å². The quantitative estimate of drug-likeness (QED) is 0.708. The summed E-state index contributed by atoms with van der Waals surface area (Å²) >= 11 is 0. The number of rotatable bonds is 7. The van der Waals surface area contributed by atoms with Crippen LogP contribution < -0.4 is 14.8 Å². The van der Waals surface area contributed by atoms with Crippen LogP contribution in [0.15, 0.2) is 30.5 Å². The first kappa shape index (κ1) is 21.1. The second-order valence-electron chi connectivity index (χ2n) is 8.56. The molecule has 4 rings (SSSR count). The Morgan fingerprint density at radius 2 is 2.00 bits per heavy atom. The molecule has 1 aliphatic carbocycles. The number of methoxy groups -OCH3 is 2. The summed E-state index contributed by atoms with van der Waals surface area (Å²) in [6.07, 6.45) is 3.46. The standard InChI is InChI=1S/C23H27N3O5/c1-23(2,29)19(13-8-9-13)26-12-14-6-5-7-16(17(14)22(26)28)25-20(27)15-10-11-24-21(31-4)18(15)30-3/h5-7,10-11,13,19,29H,8-9,12H2,1-4H3,(H,25,27). The third kappa shape index (κ3) is 3.83. The van der Waals surface area contributed by atoms with Crippen LogP contribution in [0.4, 0.5) is 5.69 Å². The monoisotopic (exact) mass is 425 g/mol. The Kier molecular flexibility index (Phi) is 5.35. The van der Waals surface area contributed by atoms with Crippen molar-refractivity contribution in [2.75, 3.05) is 19.5 Å². The van der Waals surface area contributed by atoms with Gasteiger partial charge in [-0.3, -0.25) is 9.59 Å². The molecule has 2 amide bonds. The van der Waals surface area contributed by atoms with Crippen LogP contribution in [0.1, 0.15) is 53.0 Å². The molecule has 0 saturated heterocycles. The van der Waals surface area contributed by atoms with E-state index in [4.69, 9.17) is 9.47 Å². The van der Waals surface area contributed by atoms with Crippen LogP contribution >= 0.6 is 0 Å². The number of hydrogen-bond donors (Lipinski definition) is 2. The number of anilines is 1. The molecule has 0 radical (unpaired) electrons. The Labute approximate surface area is 181 Å². The fourth-order valence-electron chi connectivity index (χ4n) is 4.48. The van der Waals surface area contributed by atoms with E-state index in [9.17, 15) is 14.7 Å². The van der Waals surface area contributed by atoms with Crippen LogP contribution in [0.5, 0.6) is 11.6 Å². The van der Waals surface area contributed by atoms with Gasteiger partial charge in [0.05, 0.1) is 42.7 Å². The summed E-state index contributed by atoms with van der Waals surface area (Å²) in [6.45, 7) is 3.91. The lowest BCUT2D eigenvalue weighted by atomic mass is 9.93. The lowest BCUT2D eigenvalue weighted by Gasteiger charge is -2.37. The van der Waals surface area contributed by atoms with Crippen molar-refractivity contribution < 1.29 is 24.2 Å². The van der Waals surface area contributed by atoms with Crippen molar-refractivity contribution in [1.82, 2.24) is 9.88 Å². The van der Waals surface area contributed by atoms with Gasteiger partial charge in [-0.25, -0.2) is 4.98 Å². The van der Waals surface area contributed by atoms with E-state index in [1.807, 2.05) is 12.1 Å². The van der Waals surface area contributed by atoms with Gasteiger partial charge in [-0.15, -0.1) is 0 Å². The Morgan fingerprint density at radius 1 is 1.26 bits per heavy atom. The number of nitrogens with one attached hydrogen (secondary N) is 1. The summed E-state index contributed by atoms with van der Waals surface area (Å²) in [5.74, 6) is 0.111. The number of nitrogens with zero attached hydrogens (tertiary/aromatic N) is 2. The minimum atomic E-state index is -1.01. The number of aromatic nitrogens is 1. The van der Waals surface area contributed by atoms with Crippen molar-refractivity contribution in [2.24, 2.45) is 5.92 Å². The van der Waals surface area contributed by atoms with E-state index < -0.39 is 11.5 Å². The third-order valence-electron chi connectivity index (χ3n) is 5.86. The molecule has 8 nitrogen and oxygen atoms in total. The molecule has 0 bridgehead atoms. The molecule has 1 unspecified atom stereocenters. The van der Waals surface area contributed by atoms with Gasteiger partial charge in [0, 0.05) is 12.7 Å². The number of fused-ring (bicyclic) bond motifs is 1. The fraction of sp³-hybridized carbons (Fsp3) is 0.435. The predicted molar refractivity (Wildman–Crippen MR) is 114 cm³/mol. The van der Waals surface area contributed by atoms with Crippen LogP contribution in [0.25, 0.3) is 0 Å². The number of aliphatic hydroxyl groups is 1. The maximum Gasteiger partial charge on any atom is 0.259 e. The first-order chi connectivity index (χ1) is 14.8. The topological polar surface area (TPSA) is 101 Å². The molecule has 0 spiro atoms. The van der Waals surface area contributed by atoms with Crippen LogP contribution in [0.3, 0.4) is 0 Å². The normalized spacial score (nSPS) is 16.7. The number of carbonyl (C=O) groups excluding carboxylic acids is 2. The zero-order valence-corrected chi connectivity index (χ0v) is 18.1.